The predicted octanol–water partition coefficient (Wildman–Crippen LogP) is -1.63. The van der Waals surface area contributed by atoms with Gasteiger partial charge in [-0.3, -0.25) is 4.68 Å². The zero-order valence-corrected chi connectivity index (χ0v) is 11.8. The van der Waals surface area contributed by atoms with Crippen molar-refractivity contribution in [3.8, 4) is 6.07 Å². The van der Waals surface area contributed by atoms with Crippen molar-refractivity contribution in [2.24, 2.45) is 7.05 Å². The standard InChI is InChI=1S/C6H3BF6N3.K/c1-16-3(2-14)4(7(11,12)13)5(15-16)6(8,9)10;/h1H3;/q-1;+1. The average molecular weight is 281 g/mol. The van der Waals surface area contributed by atoms with Crippen LogP contribution >= 0.6 is 0 Å². The molecule has 0 aromatic carbocycles. The molecule has 0 saturated carbocycles. The number of alkyl halides is 3. The van der Waals surface area contributed by atoms with E-state index in [2.05, 4.69) is 5.10 Å². The molecule has 1 aromatic heterocycles. The van der Waals surface area contributed by atoms with Gasteiger partial charge in [0.15, 0.2) is 0 Å². The summed E-state index contributed by atoms with van der Waals surface area (Å²) in [7, 11) is 0.846. The Hall–Kier alpha value is -0.0187. The van der Waals surface area contributed by atoms with E-state index in [1.807, 2.05) is 0 Å². The molecule has 0 fully saturated rings. The number of nitrogens with zero attached hydrogens (tertiary/aromatic N) is 3. The van der Waals surface area contributed by atoms with Gasteiger partial charge >= 0.3 is 64.5 Å². The molecule has 0 radical (unpaired) electrons. The molecule has 0 amide bonds. The Labute approximate surface area is 134 Å². The van der Waals surface area contributed by atoms with Gasteiger partial charge in [0.1, 0.15) is 17.5 Å². The second-order valence-corrected chi connectivity index (χ2v) is 2.92. The molecule has 1 heterocycles. The molecule has 3 nitrogen and oxygen atoms in total. The summed E-state index contributed by atoms with van der Waals surface area (Å²) in [6, 6.07) is 1.06. The molecular formula is C6H3BF6KN3. The van der Waals surface area contributed by atoms with Crippen molar-refractivity contribution in [3.63, 3.8) is 0 Å². The molecule has 88 valence electrons. The Morgan fingerprint density at radius 2 is 1.76 bits per heavy atom. The van der Waals surface area contributed by atoms with Gasteiger partial charge < -0.3 is 12.9 Å². The van der Waals surface area contributed by atoms with E-state index in [0.29, 0.717) is 0 Å². The Morgan fingerprint density at radius 1 is 1.29 bits per heavy atom. The molecule has 1 aromatic rings. The van der Waals surface area contributed by atoms with Crippen LogP contribution in [0.15, 0.2) is 0 Å². The van der Waals surface area contributed by atoms with Crippen molar-refractivity contribution in [2.75, 3.05) is 0 Å². The first-order valence-electron chi connectivity index (χ1n) is 3.83. The van der Waals surface area contributed by atoms with Gasteiger partial charge in [0.25, 0.3) is 0 Å². The fourth-order valence-corrected chi connectivity index (χ4v) is 1.19. The van der Waals surface area contributed by atoms with Crippen LogP contribution < -0.4 is 56.8 Å². The minimum Gasteiger partial charge on any atom is -0.445 e. The van der Waals surface area contributed by atoms with Crippen LogP contribution in [0.2, 0.25) is 0 Å². The van der Waals surface area contributed by atoms with Crippen molar-refractivity contribution in [3.05, 3.63) is 11.4 Å². The first kappa shape index (κ1) is 17.0. The maximum atomic E-state index is 12.4. The molecular weight excluding hydrogens is 278 g/mol. The van der Waals surface area contributed by atoms with E-state index in [1.54, 1.807) is 0 Å². The summed E-state index contributed by atoms with van der Waals surface area (Å²) in [4.78, 5) is 0. The number of aryl methyl sites for hydroxylation is 1. The topological polar surface area (TPSA) is 41.6 Å². The summed E-state index contributed by atoms with van der Waals surface area (Å²) in [5.41, 5.74) is -5.20. The third-order valence-corrected chi connectivity index (χ3v) is 1.79. The number of halogens is 6. The Morgan fingerprint density at radius 3 is 2.06 bits per heavy atom. The zero-order chi connectivity index (χ0) is 12.7. The van der Waals surface area contributed by atoms with Gasteiger partial charge in [0, 0.05) is 7.05 Å². The largest absolute Gasteiger partial charge is 1.00 e. The van der Waals surface area contributed by atoms with Crippen LogP contribution in [0.1, 0.15) is 11.4 Å². The van der Waals surface area contributed by atoms with Gasteiger partial charge in [0.05, 0.1) is 0 Å². The van der Waals surface area contributed by atoms with E-state index >= 15 is 0 Å². The first-order valence-corrected chi connectivity index (χ1v) is 3.83. The summed E-state index contributed by atoms with van der Waals surface area (Å²) in [6.07, 6.45) is -5.24. The summed E-state index contributed by atoms with van der Waals surface area (Å²) in [6.45, 7) is -5.94. The van der Waals surface area contributed by atoms with Crippen LogP contribution in [0.5, 0.6) is 0 Å². The van der Waals surface area contributed by atoms with Crippen LogP contribution in [0, 0.1) is 11.3 Å². The monoisotopic (exact) mass is 281 g/mol. The second-order valence-electron chi connectivity index (χ2n) is 2.92. The number of aromatic nitrogens is 2. The second kappa shape index (κ2) is 5.31. The van der Waals surface area contributed by atoms with Crippen LogP contribution in [0.25, 0.3) is 0 Å². The number of hydrogen-bond acceptors (Lipinski definition) is 2. The first-order chi connectivity index (χ1) is 7.09. The van der Waals surface area contributed by atoms with Gasteiger partial charge in [-0.15, -0.1) is 0 Å². The Balaban J connectivity index is 0.00000256. The minimum atomic E-state index is -5.94. The Bertz CT molecular complexity index is 456. The SMILES string of the molecule is Cn1nc(C(F)(F)F)c([B-](F)(F)F)c1C#N.[K+]. The number of hydrogen-bond donors (Lipinski definition) is 0. The van der Waals surface area contributed by atoms with E-state index in [-0.39, 0.29) is 56.1 Å². The van der Waals surface area contributed by atoms with E-state index in [0.717, 1.165) is 13.1 Å². The van der Waals surface area contributed by atoms with Crippen molar-refractivity contribution < 1.29 is 77.5 Å². The van der Waals surface area contributed by atoms with Gasteiger partial charge in [-0.05, 0) is 5.46 Å². The summed E-state index contributed by atoms with van der Waals surface area (Å²) >= 11 is 0. The molecule has 1 rings (SSSR count). The zero-order valence-electron chi connectivity index (χ0n) is 8.69. The van der Waals surface area contributed by atoms with E-state index in [4.69, 9.17) is 5.26 Å². The molecule has 0 spiro atoms. The van der Waals surface area contributed by atoms with Crippen molar-refractivity contribution >= 4 is 12.4 Å². The smallest absolute Gasteiger partial charge is 0.445 e. The van der Waals surface area contributed by atoms with Crippen molar-refractivity contribution in [1.29, 1.82) is 5.26 Å². The molecule has 11 heteroatoms. The minimum absolute atomic E-state index is 0. The molecule has 0 unspecified atom stereocenters. The van der Waals surface area contributed by atoms with Gasteiger partial charge in [-0.2, -0.15) is 23.5 Å². The summed E-state index contributed by atoms with van der Waals surface area (Å²) in [5, 5.41) is 11.1. The molecule has 0 atom stereocenters. The fraction of sp³-hybridized carbons (Fsp3) is 0.333. The van der Waals surface area contributed by atoms with Gasteiger partial charge in [-0.25, -0.2) is 0 Å². The molecule has 0 bridgehead atoms. The molecule has 0 saturated heterocycles. The van der Waals surface area contributed by atoms with Crippen molar-refractivity contribution in [1.82, 2.24) is 9.78 Å². The predicted molar refractivity (Wildman–Crippen MR) is 41.6 cm³/mol. The normalized spacial score (nSPS) is 11.9. The van der Waals surface area contributed by atoms with Crippen LogP contribution in [-0.2, 0) is 13.2 Å². The quantitative estimate of drug-likeness (QED) is 0.458. The van der Waals surface area contributed by atoms with Gasteiger partial charge in [0.2, 0.25) is 0 Å². The van der Waals surface area contributed by atoms with E-state index in [1.165, 1.54) is 0 Å². The van der Waals surface area contributed by atoms with Gasteiger partial charge in [-0.1, -0.05) is 0 Å². The van der Waals surface area contributed by atoms with Crippen LogP contribution in [-0.4, -0.2) is 16.8 Å². The fourth-order valence-electron chi connectivity index (χ4n) is 1.19. The average Bonchev–Trinajstić information content (AvgIpc) is 2.40. The summed E-state index contributed by atoms with van der Waals surface area (Å²) < 4.78 is 74.2. The van der Waals surface area contributed by atoms with Crippen LogP contribution in [0.4, 0.5) is 26.1 Å². The van der Waals surface area contributed by atoms with E-state index in [9.17, 15) is 26.1 Å². The molecule has 0 N–H and O–H groups in total. The maximum Gasteiger partial charge on any atom is 1.00 e. The third kappa shape index (κ3) is 3.48. The number of rotatable bonds is 1. The van der Waals surface area contributed by atoms with Crippen LogP contribution in [0.3, 0.4) is 0 Å². The molecule has 17 heavy (non-hydrogen) atoms. The Kier molecular flexibility index (Phi) is 5.31. The molecule has 0 aliphatic rings. The summed E-state index contributed by atoms with van der Waals surface area (Å²) in [5.74, 6) is 0. The molecule has 0 aliphatic carbocycles. The third-order valence-electron chi connectivity index (χ3n) is 1.79. The number of nitriles is 1. The van der Waals surface area contributed by atoms with E-state index < -0.39 is 30.0 Å². The molecule has 0 aliphatic heterocycles. The van der Waals surface area contributed by atoms with Crippen molar-refractivity contribution in [2.45, 2.75) is 6.18 Å². The maximum absolute atomic E-state index is 12.4.